The molecule has 11 heteroatoms. The summed E-state index contributed by atoms with van der Waals surface area (Å²) in [6.07, 6.45) is 4.02. The third-order valence-corrected chi connectivity index (χ3v) is 9.82. The van der Waals surface area contributed by atoms with Crippen LogP contribution in [0.15, 0.2) is 83.5 Å². The number of carbonyl (C=O) groups is 1. The van der Waals surface area contributed by atoms with Crippen LogP contribution in [-0.2, 0) is 34.3 Å². The summed E-state index contributed by atoms with van der Waals surface area (Å²) < 4.78 is 40.4. The molecule has 0 saturated heterocycles. The van der Waals surface area contributed by atoms with Gasteiger partial charge in [-0.3, -0.25) is 14.7 Å². The van der Waals surface area contributed by atoms with Gasteiger partial charge in [0, 0.05) is 17.8 Å². The molecule has 1 amide bonds. The number of aromatic hydroxyl groups is 1. The highest BCUT2D eigenvalue weighted by atomic mass is 32.2. The highest BCUT2D eigenvalue weighted by Gasteiger charge is 2.33. The number of amides is 1. The number of hydrogen-bond donors (Lipinski definition) is 6. The lowest BCUT2D eigenvalue weighted by Gasteiger charge is -2.27. The van der Waals surface area contributed by atoms with Crippen LogP contribution in [0, 0.1) is 5.92 Å². The van der Waals surface area contributed by atoms with E-state index >= 15 is 0 Å². The van der Waals surface area contributed by atoms with Crippen LogP contribution in [0.5, 0.6) is 5.95 Å². The van der Waals surface area contributed by atoms with Crippen molar-refractivity contribution in [2.75, 3.05) is 10.6 Å². The predicted octanol–water partition coefficient (Wildman–Crippen LogP) is 6.25. The Morgan fingerprint density at radius 2 is 1.81 bits per heavy atom. The number of nitrogens with two attached hydrogens (primary N) is 1. The van der Waals surface area contributed by atoms with Crippen LogP contribution in [0.3, 0.4) is 0 Å². The molecule has 7 N–H and O–H groups in total. The lowest BCUT2D eigenvalue weighted by atomic mass is 9.78. The van der Waals surface area contributed by atoms with Crippen molar-refractivity contribution < 1.29 is 27.3 Å². The standard InChI is InChI=1S/C36H40N4O6S/c1-21(2)16-32(39-36(47(43,44)45)38-26-8-5-6-22(17-26)19-37)34(41)40-33-31(20-46-35(33)42)25-11-13-28-24(18-25)12-15-29-27-9-4-3-7-23(27)10-14-30(28)29/h3-10,12,14-15,17,20-21,25,32,36,38-39,42H,11,13,16,18-19,37H2,1-2H3,(H,40,41)(H,43,44,45)/t25?,32-,36?/m0/s1. The minimum absolute atomic E-state index is 0.0138. The van der Waals surface area contributed by atoms with Crippen molar-refractivity contribution in [3.63, 3.8) is 0 Å². The van der Waals surface area contributed by atoms with Crippen LogP contribution in [-0.4, -0.2) is 35.5 Å². The zero-order chi connectivity index (χ0) is 33.3. The SMILES string of the molecule is CC(C)C[C@H](NC(Nc1cccc(CN)c1)S(=O)(=O)O)C(=O)Nc1c(C2CCc3c(ccc4c3ccc3ccccc34)C2)coc1O. The third-order valence-electron chi connectivity index (χ3n) is 8.97. The summed E-state index contributed by atoms with van der Waals surface area (Å²) in [5, 5.41) is 23.9. The number of rotatable bonds is 11. The van der Waals surface area contributed by atoms with Gasteiger partial charge < -0.3 is 25.9 Å². The molecule has 0 radical (unpaired) electrons. The van der Waals surface area contributed by atoms with Crippen LogP contribution in [0.25, 0.3) is 21.5 Å². The van der Waals surface area contributed by atoms with Crippen LogP contribution < -0.4 is 21.7 Å². The van der Waals surface area contributed by atoms with Gasteiger partial charge in [0.1, 0.15) is 12.0 Å². The quantitative estimate of drug-likeness (QED) is 0.0547. The van der Waals surface area contributed by atoms with Gasteiger partial charge in [-0.2, -0.15) is 8.42 Å². The molecule has 1 aromatic heterocycles. The van der Waals surface area contributed by atoms with E-state index in [4.69, 9.17) is 10.2 Å². The average molecular weight is 657 g/mol. The van der Waals surface area contributed by atoms with E-state index in [1.807, 2.05) is 19.9 Å². The van der Waals surface area contributed by atoms with E-state index in [2.05, 4.69) is 58.4 Å². The first-order valence-electron chi connectivity index (χ1n) is 15.8. The average Bonchev–Trinajstić information content (AvgIpc) is 3.42. The number of fused-ring (bicyclic) bond motifs is 5. The van der Waals surface area contributed by atoms with Gasteiger partial charge in [-0.25, -0.2) is 0 Å². The molecule has 2 unspecified atom stereocenters. The second kappa shape index (κ2) is 13.4. The zero-order valence-electron chi connectivity index (χ0n) is 26.4. The van der Waals surface area contributed by atoms with Crippen molar-refractivity contribution in [2.24, 2.45) is 11.7 Å². The molecular weight excluding hydrogens is 616 g/mol. The normalized spacial score (nSPS) is 16.2. The Labute approximate surface area is 274 Å². The fraction of sp³-hybridized carbons (Fsp3) is 0.306. The number of carbonyl (C=O) groups excluding carboxylic acids is 1. The lowest BCUT2D eigenvalue weighted by molar-refractivity contribution is -0.118. The maximum atomic E-state index is 13.8. The van der Waals surface area contributed by atoms with E-state index in [0.717, 1.165) is 18.4 Å². The smallest absolute Gasteiger partial charge is 0.306 e. The van der Waals surface area contributed by atoms with Gasteiger partial charge in [-0.1, -0.05) is 74.5 Å². The molecule has 0 spiro atoms. The molecule has 10 nitrogen and oxygen atoms in total. The van der Waals surface area contributed by atoms with E-state index in [1.54, 1.807) is 24.3 Å². The number of aryl methyl sites for hydroxylation is 1. The molecule has 1 aliphatic rings. The van der Waals surface area contributed by atoms with Crippen molar-refractivity contribution >= 4 is 48.9 Å². The van der Waals surface area contributed by atoms with E-state index in [1.165, 1.54) is 38.9 Å². The van der Waals surface area contributed by atoms with Crippen molar-refractivity contribution in [1.29, 1.82) is 0 Å². The molecule has 47 heavy (non-hydrogen) atoms. The predicted molar refractivity (Wildman–Crippen MR) is 185 cm³/mol. The number of nitrogens with one attached hydrogen (secondary N) is 3. The first kappa shape index (κ1) is 32.5. The minimum atomic E-state index is -4.70. The van der Waals surface area contributed by atoms with Crippen molar-refractivity contribution in [1.82, 2.24) is 5.32 Å². The maximum Gasteiger partial charge on any atom is 0.306 e. The van der Waals surface area contributed by atoms with Gasteiger partial charge in [0.05, 0.1) is 6.04 Å². The molecule has 4 aromatic carbocycles. The summed E-state index contributed by atoms with van der Waals surface area (Å²) >= 11 is 0. The monoisotopic (exact) mass is 656 g/mol. The summed E-state index contributed by atoms with van der Waals surface area (Å²) in [6.45, 7) is 4.04. The molecule has 5 aromatic rings. The second-order valence-corrected chi connectivity index (χ2v) is 14.2. The molecule has 1 aliphatic carbocycles. The van der Waals surface area contributed by atoms with Crippen LogP contribution in [0.4, 0.5) is 11.4 Å². The van der Waals surface area contributed by atoms with E-state index < -0.39 is 33.5 Å². The van der Waals surface area contributed by atoms with Gasteiger partial charge in [0.15, 0.2) is 0 Å². The summed E-state index contributed by atoms with van der Waals surface area (Å²) in [4.78, 5) is 13.8. The first-order valence-corrected chi connectivity index (χ1v) is 17.3. The van der Waals surface area contributed by atoms with Crippen molar-refractivity contribution in [3.8, 4) is 5.95 Å². The molecule has 6 rings (SSSR count). The molecule has 0 aliphatic heterocycles. The Bertz CT molecular complexity index is 2040. The topological polar surface area (TPSA) is 167 Å². The first-order chi connectivity index (χ1) is 22.5. The van der Waals surface area contributed by atoms with Crippen molar-refractivity contribution in [3.05, 3.63) is 101 Å². The van der Waals surface area contributed by atoms with Gasteiger partial charge in [-0.05, 0) is 87.9 Å². The van der Waals surface area contributed by atoms with Crippen LogP contribution in [0.2, 0.25) is 0 Å². The van der Waals surface area contributed by atoms with Gasteiger partial charge in [0.2, 0.25) is 11.4 Å². The Hall–Kier alpha value is -4.42. The molecule has 1 heterocycles. The lowest BCUT2D eigenvalue weighted by Crippen LogP contribution is -2.52. The largest absolute Gasteiger partial charge is 0.479 e. The Morgan fingerprint density at radius 3 is 2.57 bits per heavy atom. The van der Waals surface area contributed by atoms with Gasteiger partial charge in [0.25, 0.3) is 10.1 Å². The van der Waals surface area contributed by atoms with E-state index in [9.17, 15) is 22.9 Å². The minimum Gasteiger partial charge on any atom is -0.479 e. The highest BCUT2D eigenvalue weighted by molar-refractivity contribution is 7.86. The van der Waals surface area contributed by atoms with Gasteiger partial charge >= 0.3 is 5.95 Å². The number of anilines is 2. The van der Waals surface area contributed by atoms with Gasteiger partial charge in [-0.15, -0.1) is 0 Å². The molecule has 0 bridgehead atoms. The summed E-state index contributed by atoms with van der Waals surface area (Å²) in [7, 11) is -4.70. The molecule has 0 saturated carbocycles. The zero-order valence-corrected chi connectivity index (χ0v) is 27.2. The summed E-state index contributed by atoms with van der Waals surface area (Å²) in [6, 6.07) is 22.8. The molecule has 0 fully saturated rings. The number of hydrogen-bond acceptors (Lipinski definition) is 8. The molecule has 246 valence electrons. The Morgan fingerprint density at radius 1 is 1.02 bits per heavy atom. The Kier molecular flexibility index (Phi) is 9.25. The number of furan rings is 1. The van der Waals surface area contributed by atoms with E-state index in [-0.39, 0.29) is 30.5 Å². The van der Waals surface area contributed by atoms with E-state index in [0.29, 0.717) is 17.7 Å². The molecule has 3 atom stereocenters. The Balaban J connectivity index is 1.23. The van der Waals surface area contributed by atoms with Crippen LogP contribution >= 0.6 is 0 Å². The summed E-state index contributed by atoms with van der Waals surface area (Å²) in [5.41, 5.74) is 8.55. The molecular formula is C36H40N4O6S. The fourth-order valence-electron chi connectivity index (χ4n) is 6.68. The fourth-order valence-corrected chi connectivity index (χ4v) is 7.30. The second-order valence-electron chi connectivity index (χ2n) is 12.7. The maximum absolute atomic E-state index is 13.8. The van der Waals surface area contributed by atoms with Crippen molar-refractivity contribution in [2.45, 2.75) is 63.5 Å². The third kappa shape index (κ3) is 6.98. The number of benzene rings is 4. The summed E-state index contributed by atoms with van der Waals surface area (Å²) in [5.74, 6) is -1.04. The highest BCUT2D eigenvalue weighted by Crippen LogP contribution is 2.43. The van der Waals surface area contributed by atoms with Crippen LogP contribution in [0.1, 0.15) is 54.9 Å².